The first-order valence-electron chi connectivity index (χ1n) is 6.68. The summed E-state index contributed by atoms with van der Waals surface area (Å²) in [5.74, 6) is 0.488. The van der Waals surface area contributed by atoms with E-state index in [0.29, 0.717) is 12.2 Å². The molecule has 0 aliphatic heterocycles. The third-order valence-electron chi connectivity index (χ3n) is 3.16. The van der Waals surface area contributed by atoms with Crippen LogP contribution in [0.15, 0.2) is 54.9 Å². The van der Waals surface area contributed by atoms with Crippen LogP contribution in [0.2, 0.25) is 0 Å². The summed E-state index contributed by atoms with van der Waals surface area (Å²) in [7, 11) is 0. The van der Waals surface area contributed by atoms with Gasteiger partial charge < -0.3 is 5.32 Å². The van der Waals surface area contributed by atoms with Gasteiger partial charge in [0.25, 0.3) is 0 Å². The molecule has 0 aliphatic rings. The van der Waals surface area contributed by atoms with Gasteiger partial charge in [-0.15, -0.1) is 0 Å². The molecular weight excluding hydrogens is 267 g/mol. The maximum absolute atomic E-state index is 13.3. The fourth-order valence-corrected chi connectivity index (χ4v) is 2.12. The molecule has 0 fully saturated rings. The Kier molecular flexibility index (Phi) is 3.64. The molecular formula is C16H15FN4. The number of pyridine rings is 1. The van der Waals surface area contributed by atoms with Crippen LogP contribution in [0.5, 0.6) is 0 Å². The van der Waals surface area contributed by atoms with Crippen molar-refractivity contribution in [2.45, 2.75) is 13.5 Å². The summed E-state index contributed by atoms with van der Waals surface area (Å²) >= 11 is 0. The average Bonchev–Trinajstić information content (AvgIpc) is 2.87. The van der Waals surface area contributed by atoms with Crippen molar-refractivity contribution >= 4 is 5.82 Å². The highest BCUT2D eigenvalue weighted by atomic mass is 19.1. The molecule has 4 nitrogen and oxygen atoms in total. The van der Waals surface area contributed by atoms with Gasteiger partial charge in [0.05, 0.1) is 5.69 Å². The molecule has 1 aromatic carbocycles. The van der Waals surface area contributed by atoms with Crippen molar-refractivity contribution < 1.29 is 4.39 Å². The molecule has 0 spiro atoms. The molecule has 3 aromatic rings. The Labute approximate surface area is 122 Å². The van der Waals surface area contributed by atoms with Crippen LogP contribution < -0.4 is 5.32 Å². The topological polar surface area (TPSA) is 42.7 Å². The second kappa shape index (κ2) is 5.75. The second-order valence-corrected chi connectivity index (χ2v) is 4.77. The molecule has 0 bridgehead atoms. The Morgan fingerprint density at radius 2 is 1.95 bits per heavy atom. The largest absolute Gasteiger partial charge is 0.365 e. The van der Waals surface area contributed by atoms with Gasteiger partial charge >= 0.3 is 0 Å². The number of nitrogens with zero attached hydrogens (tertiary/aromatic N) is 3. The number of benzene rings is 1. The average molecular weight is 282 g/mol. The first-order valence-corrected chi connectivity index (χ1v) is 6.68. The number of nitrogens with one attached hydrogen (secondary N) is 1. The lowest BCUT2D eigenvalue weighted by molar-refractivity contribution is 0.625. The summed E-state index contributed by atoms with van der Waals surface area (Å²) in [6.07, 6.45) is 3.52. The SMILES string of the molecule is Cc1cc(NCc2ccncc2)nn1-c1cccc(F)c1. The minimum absolute atomic E-state index is 0.270. The van der Waals surface area contributed by atoms with Crippen LogP contribution in [0.3, 0.4) is 0 Å². The Balaban J connectivity index is 1.78. The normalized spacial score (nSPS) is 10.6. The van der Waals surface area contributed by atoms with Gasteiger partial charge in [-0.1, -0.05) is 6.07 Å². The van der Waals surface area contributed by atoms with E-state index in [1.807, 2.05) is 31.2 Å². The molecule has 106 valence electrons. The summed E-state index contributed by atoms with van der Waals surface area (Å²) in [5.41, 5.74) is 2.78. The predicted molar refractivity (Wildman–Crippen MR) is 79.8 cm³/mol. The molecule has 21 heavy (non-hydrogen) atoms. The standard InChI is InChI=1S/C16H15FN4/c1-12-9-16(19-11-13-5-7-18-8-6-13)20-21(12)15-4-2-3-14(17)10-15/h2-10H,11H2,1H3,(H,19,20). The number of rotatable bonds is 4. The maximum atomic E-state index is 13.3. The first kappa shape index (κ1) is 13.3. The lowest BCUT2D eigenvalue weighted by atomic mass is 10.3. The van der Waals surface area contributed by atoms with Crippen LogP contribution in [0.1, 0.15) is 11.3 Å². The van der Waals surface area contributed by atoms with E-state index in [-0.39, 0.29) is 5.82 Å². The second-order valence-electron chi connectivity index (χ2n) is 4.77. The van der Waals surface area contributed by atoms with Crippen molar-refractivity contribution in [1.29, 1.82) is 0 Å². The van der Waals surface area contributed by atoms with E-state index in [0.717, 1.165) is 17.1 Å². The van der Waals surface area contributed by atoms with Gasteiger partial charge in [0.2, 0.25) is 0 Å². The molecule has 2 heterocycles. The molecule has 0 saturated carbocycles. The molecule has 0 amide bonds. The van der Waals surface area contributed by atoms with Crippen LogP contribution >= 0.6 is 0 Å². The number of hydrogen-bond donors (Lipinski definition) is 1. The smallest absolute Gasteiger partial charge is 0.148 e. The third kappa shape index (κ3) is 3.08. The van der Waals surface area contributed by atoms with E-state index in [1.165, 1.54) is 12.1 Å². The lowest BCUT2D eigenvalue weighted by Gasteiger charge is -2.04. The Morgan fingerprint density at radius 1 is 1.14 bits per heavy atom. The van der Waals surface area contributed by atoms with E-state index >= 15 is 0 Å². The molecule has 2 aromatic heterocycles. The monoisotopic (exact) mass is 282 g/mol. The van der Waals surface area contributed by atoms with Crippen LogP contribution in [0, 0.1) is 12.7 Å². The summed E-state index contributed by atoms with van der Waals surface area (Å²) in [5, 5.41) is 7.71. The van der Waals surface area contributed by atoms with Crippen molar-refractivity contribution in [1.82, 2.24) is 14.8 Å². The van der Waals surface area contributed by atoms with Gasteiger partial charge in [-0.2, -0.15) is 5.10 Å². The Bertz CT molecular complexity index is 737. The summed E-state index contributed by atoms with van der Waals surface area (Å²) in [6.45, 7) is 2.61. The zero-order valence-electron chi connectivity index (χ0n) is 11.6. The molecule has 3 rings (SSSR count). The van der Waals surface area contributed by atoms with E-state index in [9.17, 15) is 4.39 Å². The van der Waals surface area contributed by atoms with Crippen molar-refractivity contribution in [2.24, 2.45) is 0 Å². The van der Waals surface area contributed by atoms with E-state index in [4.69, 9.17) is 0 Å². The van der Waals surface area contributed by atoms with Gasteiger partial charge in [0, 0.05) is 30.7 Å². The minimum Gasteiger partial charge on any atom is -0.365 e. The minimum atomic E-state index is -0.270. The lowest BCUT2D eigenvalue weighted by Crippen LogP contribution is -2.02. The van der Waals surface area contributed by atoms with Gasteiger partial charge in [0.15, 0.2) is 0 Å². The predicted octanol–water partition coefficient (Wildman–Crippen LogP) is 3.33. The van der Waals surface area contributed by atoms with Crippen LogP contribution in [-0.4, -0.2) is 14.8 Å². The van der Waals surface area contributed by atoms with E-state index in [2.05, 4.69) is 15.4 Å². The zero-order valence-corrected chi connectivity index (χ0v) is 11.6. The molecule has 0 saturated heterocycles. The number of anilines is 1. The van der Waals surface area contributed by atoms with Crippen LogP contribution in [0.4, 0.5) is 10.2 Å². The van der Waals surface area contributed by atoms with Gasteiger partial charge in [-0.05, 0) is 42.8 Å². The van der Waals surface area contributed by atoms with Crippen molar-refractivity contribution in [3.8, 4) is 5.69 Å². The Morgan fingerprint density at radius 3 is 2.71 bits per heavy atom. The third-order valence-corrected chi connectivity index (χ3v) is 3.16. The number of aromatic nitrogens is 3. The van der Waals surface area contributed by atoms with Gasteiger partial charge in [0.1, 0.15) is 11.6 Å². The highest BCUT2D eigenvalue weighted by Crippen LogP contribution is 2.16. The highest BCUT2D eigenvalue weighted by molar-refractivity contribution is 5.42. The van der Waals surface area contributed by atoms with Gasteiger partial charge in [-0.3, -0.25) is 4.98 Å². The molecule has 0 atom stereocenters. The van der Waals surface area contributed by atoms with E-state index in [1.54, 1.807) is 23.1 Å². The summed E-state index contributed by atoms with van der Waals surface area (Å²) < 4.78 is 15.0. The molecule has 0 unspecified atom stereocenters. The highest BCUT2D eigenvalue weighted by Gasteiger charge is 2.06. The van der Waals surface area contributed by atoms with Crippen LogP contribution in [-0.2, 0) is 6.54 Å². The summed E-state index contributed by atoms with van der Waals surface area (Å²) in [6, 6.07) is 12.2. The fourth-order valence-electron chi connectivity index (χ4n) is 2.12. The molecule has 0 aliphatic carbocycles. The molecule has 0 radical (unpaired) electrons. The fraction of sp³-hybridized carbons (Fsp3) is 0.125. The first-order chi connectivity index (χ1) is 10.2. The molecule has 1 N–H and O–H groups in total. The van der Waals surface area contributed by atoms with Crippen molar-refractivity contribution in [3.05, 3.63) is 71.9 Å². The van der Waals surface area contributed by atoms with E-state index < -0.39 is 0 Å². The quantitative estimate of drug-likeness (QED) is 0.798. The van der Waals surface area contributed by atoms with Crippen molar-refractivity contribution in [3.63, 3.8) is 0 Å². The van der Waals surface area contributed by atoms with Gasteiger partial charge in [-0.25, -0.2) is 9.07 Å². The zero-order chi connectivity index (χ0) is 14.7. The maximum Gasteiger partial charge on any atom is 0.148 e. The summed E-state index contributed by atoms with van der Waals surface area (Å²) in [4.78, 5) is 3.98. The molecule has 5 heteroatoms. The Hall–Kier alpha value is -2.69. The van der Waals surface area contributed by atoms with Crippen LogP contribution in [0.25, 0.3) is 5.69 Å². The number of aryl methyl sites for hydroxylation is 1. The van der Waals surface area contributed by atoms with Crippen molar-refractivity contribution in [2.75, 3.05) is 5.32 Å². The number of hydrogen-bond acceptors (Lipinski definition) is 3. The number of halogens is 1.